The lowest BCUT2D eigenvalue weighted by Crippen LogP contribution is -2.53. The largest absolute Gasteiger partial charge is 0.507 e. The summed E-state index contributed by atoms with van der Waals surface area (Å²) in [5.74, 6) is -7.37. The minimum atomic E-state index is -4.75. The van der Waals surface area contributed by atoms with Crippen molar-refractivity contribution >= 4 is 58.3 Å². The van der Waals surface area contributed by atoms with Gasteiger partial charge in [0.15, 0.2) is 5.82 Å². The molecule has 9 nitrogen and oxygen atoms in total. The van der Waals surface area contributed by atoms with Crippen LogP contribution in [-0.4, -0.2) is 38.7 Å². The van der Waals surface area contributed by atoms with Gasteiger partial charge in [-0.25, -0.2) is 4.98 Å². The summed E-state index contributed by atoms with van der Waals surface area (Å²) in [6, 6.07) is 19.4. The highest BCUT2D eigenvalue weighted by atomic mass is 35.5. The number of imide groups is 2. The predicted molar refractivity (Wildman–Crippen MR) is 198 cm³/mol. The number of anilines is 2. The molecule has 4 amide bonds. The van der Waals surface area contributed by atoms with Crippen molar-refractivity contribution in [3.63, 3.8) is 0 Å². The van der Waals surface area contributed by atoms with E-state index >= 15 is 4.79 Å². The predicted octanol–water partition coefficient (Wildman–Crippen LogP) is 8.17. The zero-order valence-electron chi connectivity index (χ0n) is 29.4. The van der Waals surface area contributed by atoms with E-state index in [2.05, 4.69) is 10.4 Å². The molecule has 4 aromatic rings. The Balaban J connectivity index is 1.31. The molecule has 2 saturated heterocycles. The maximum absolute atomic E-state index is 15.3. The zero-order chi connectivity index (χ0) is 39.1. The smallest absolute Gasteiger partial charge is 0.417 e. The summed E-state index contributed by atoms with van der Waals surface area (Å²) in [5, 5.41) is 12.3. The molecule has 2 aliphatic heterocycles. The Hall–Kier alpha value is -5.20. The molecule has 2 N–H and O–H groups in total. The summed E-state index contributed by atoms with van der Waals surface area (Å²) in [7, 11) is 0. The molecule has 8 rings (SSSR count). The van der Waals surface area contributed by atoms with Crippen LogP contribution in [0.5, 0.6) is 5.75 Å². The van der Waals surface area contributed by atoms with Crippen molar-refractivity contribution in [1.82, 2.24) is 9.99 Å². The molecule has 0 spiro atoms. The van der Waals surface area contributed by atoms with Gasteiger partial charge in [-0.2, -0.15) is 18.2 Å². The van der Waals surface area contributed by atoms with Crippen LogP contribution < -0.4 is 10.3 Å². The number of hydrazine groups is 1. The summed E-state index contributed by atoms with van der Waals surface area (Å²) in [4.78, 5) is 63.8. The first-order chi connectivity index (χ1) is 26.2. The highest BCUT2D eigenvalue weighted by Gasteiger charge is 2.70. The van der Waals surface area contributed by atoms with Crippen LogP contribution in [0.3, 0.4) is 0 Å². The van der Waals surface area contributed by atoms with Crippen molar-refractivity contribution in [3.8, 4) is 5.75 Å². The number of carbonyl (C=O) groups excluding carboxylic acids is 4. The van der Waals surface area contributed by atoms with Crippen LogP contribution in [0.2, 0.25) is 10.0 Å². The number of aromatic hydroxyl groups is 1. The van der Waals surface area contributed by atoms with Gasteiger partial charge in [-0.1, -0.05) is 84.2 Å². The Bertz CT molecular complexity index is 2320. The third-order valence-corrected chi connectivity index (χ3v) is 12.3. The fourth-order valence-electron chi connectivity index (χ4n) is 9.18. The Kier molecular flexibility index (Phi) is 8.84. The molecular weight excluding hydrogens is 756 g/mol. The molecule has 2 aliphatic carbocycles. The van der Waals surface area contributed by atoms with Crippen molar-refractivity contribution in [2.75, 3.05) is 10.3 Å². The molecule has 0 bridgehead atoms. The van der Waals surface area contributed by atoms with Crippen LogP contribution >= 0.6 is 23.2 Å². The van der Waals surface area contributed by atoms with Gasteiger partial charge in [0, 0.05) is 22.7 Å². The number of aromatic nitrogens is 1. The molecule has 14 heteroatoms. The summed E-state index contributed by atoms with van der Waals surface area (Å²) in [6.07, 6.45) is -1.45. The van der Waals surface area contributed by atoms with Crippen molar-refractivity contribution < 1.29 is 37.5 Å². The third-order valence-electron chi connectivity index (χ3n) is 11.7. The first-order valence-corrected chi connectivity index (χ1v) is 18.5. The second-order valence-electron chi connectivity index (χ2n) is 14.5. The minimum Gasteiger partial charge on any atom is -0.507 e. The minimum absolute atomic E-state index is 0.0444. The van der Waals surface area contributed by atoms with E-state index in [1.807, 2.05) is 25.1 Å². The number of hydrogen-bond donors (Lipinski definition) is 2. The number of phenols is 1. The van der Waals surface area contributed by atoms with Crippen molar-refractivity contribution in [2.45, 2.75) is 50.6 Å². The van der Waals surface area contributed by atoms with Gasteiger partial charge in [0.1, 0.15) is 5.75 Å². The lowest BCUT2D eigenvalue weighted by Gasteiger charge is -2.50. The molecule has 3 heterocycles. The van der Waals surface area contributed by atoms with E-state index in [1.54, 1.807) is 61.5 Å². The molecule has 3 aromatic carbocycles. The summed E-state index contributed by atoms with van der Waals surface area (Å²) in [6.45, 7) is 3.70. The number of benzene rings is 3. The maximum Gasteiger partial charge on any atom is 0.417 e. The Labute approximate surface area is 323 Å². The van der Waals surface area contributed by atoms with Crippen LogP contribution in [0, 0.1) is 30.6 Å². The normalized spacial score (nSPS) is 26.2. The Morgan fingerprint density at radius 1 is 0.945 bits per heavy atom. The van der Waals surface area contributed by atoms with Crippen LogP contribution in [0.15, 0.2) is 90.6 Å². The topological polar surface area (TPSA) is 120 Å². The van der Waals surface area contributed by atoms with E-state index in [0.717, 1.165) is 17.0 Å². The molecule has 55 heavy (non-hydrogen) atoms. The van der Waals surface area contributed by atoms with Gasteiger partial charge < -0.3 is 5.11 Å². The first-order valence-electron chi connectivity index (χ1n) is 17.8. The average Bonchev–Trinajstić information content (AvgIpc) is 3.54. The molecule has 0 radical (unpaired) electrons. The van der Waals surface area contributed by atoms with Crippen LogP contribution in [0.1, 0.15) is 53.5 Å². The quantitative estimate of drug-likeness (QED) is 0.149. The van der Waals surface area contributed by atoms with E-state index < -0.39 is 69.5 Å². The van der Waals surface area contributed by atoms with Crippen LogP contribution in [-0.2, 0) is 37.2 Å². The van der Waals surface area contributed by atoms with Gasteiger partial charge in [-0.05, 0) is 79.1 Å². The number of halogens is 5. The molecule has 1 saturated carbocycles. The van der Waals surface area contributed by atoms with Crippen LogP contribution in [0.25, 0.3) is 0 Å². The first kappa shape index (κ1) is 36.8. The zero-order valence-corrected chi connectivity index (χ0v) is 30.9. The van der Waals surface area contributed by atoms with Gasteiger partial charge in [-0.3, -0.25) is 29.5 Å². The average molecular weight is 790 g/mol. The molecule has 1 aromatic heterocycles. The number of rotatable bonds is 6. The number of phenolic OH excluding ortho intramolecular Hbond substituents is 1. The Morgan fingerprint density at radius 3 is 2.31 bits per heavy atom. The number of nitrogens with one attached hydrogen (secondary N) is 1. The summed E-state index contributed by atoms with van der Waals surface area (Å²) < 4.78 is 40.4. The van der Waals surface area contributed by atoms with E-state index in [4.69, 9.17) is 23.2 Å². The second-order valence-corrected chi connectivity index (χ2v) is 15.3. The number of pyridine rings is 1. The van der Waals surface area contributed by atoms with E-state index in [0.29, 0.717) is 45.2 Å². The molecule has 6 unspecified atom stereocenters. The monoisotopic (exact) mass is 788 g/mol. The van der Waals surface area contributed by atoms with Gasteiger partial charge in [0.2, 0.25) is 11.8 Å². The lowest BCUT2D eigenvalue weighted by molar-refractivity contribution is -0.139. The van der Waals surface area contributed by atoms with Gasteiger partial charge in [0.05, 0.1) is 39.4 Å². The lowest BCUT2D eigenvalue weighted by atomic mass is 9.49. The van der Waals surface area contributed by atoms with Crippen molar-refractivity contribution in [3.05, 3.63) is 129 Å². The number of aryl methyl sites for hydroxylation is 2. The summed E-state index contributed by atoms with van der Waals surface area (Å²) in [5.41, 5.74) is 3.02. The number of nitrogens with zero attached hydrogens (tertiary/aromatic N) is 3. The van der Waals surface area contributed by atoms with Crippen LogP contribution in [0.4, 0.5) is 24.7 Å². The number of hydrogen-bond acceptors (Lipinski definition) is 7. The number of fused-ring (bicyclic) bond motifs is 4. The SMILES string of the molecule is CCc1ccc(N2C(=O)C3CC=C4C(CC5C(=O)N(Nc6ncc(C(F)(F)F)cc6Cl)C(=O)C5(c5ccc(Cl)cc5)C4c4cccc(C)c4O)C3C2=O)cc1. The molecular formula is C41H33Cl2F3N4O5. The van der Waals surface area contributed by atoms with Gasteiger partial charge >= 0.3 is 6.18 Å². The number of para-hydroxylation sites is 1. The third kappa shape index (κ3) is 5.55. The van der Waals surface area contributed by atoms with E-state index in [9.17, 15) is 32.7 Å². The van der Waals surface area contributed by atoms with E-state index in [-0.39, 0.29) is 30.3 Å². The molecule has 6 atom stereocenters. The highest BCUT2D eigenvalue weighted by molar-refractivity contribution is 6.33. The van der Waals surface area contributed by atoms with Gasteiger partial charge in [0.25, 0.3) is 11.8 Å². The van der Waals surface area contributed by atoms with Crippen molar-refractivity contribution in [2.24, 2.45) is 23.7 Å². The highest BCUT2D eigenvalue weighted by Crippen LogP contribution is 2.65. The van der Waals surface area contributed by atoms with Gasteiger partial charge in [-0.15, -0.1) is 0 Å². The second kappa shape index (κ2) is 13.2. The summed E-state index contributed by atoms with van der Waals surface area (Å²) >= 11 is 12.6. The number of alkyl halides is 3. The number of amides is 4. The number of allylic oxidation sites excluding steroid dienone is 2. The Morgan fingerprint density at radius 2 is 1.65 bits per heavy atom. The molecule has 4 aliphatic rings. The standard InChI is InChI=1S/C41H33Cl2F3N4O5/c1-3-21-7-13-25(14-8-21)49-36(52)27-16-15-26-29(32(27)38(49)54)18-30-37(53)50(48-35-31(43)17-23(19-47-35)41(44,45)46)39(55)40(30,22-9-11-24(42)12-10-22)33(26)28-6-4-5-20(2)34(28)51/h4-15,17,19,27,29-30,32-33,51H,3,16,18H2,1-2H3,(H,47,48). The maximum atomic E-state index is 15.3. The van der Waals surface area contributed by atoms with Crippen molar-refractivity contribution in [1.29, 1.82) is 0 Å². The fourth-order valence-corrected chi connectivity index (χ4v) is 9.51. The molecule has 282 valence electrons. The van der Waals surface area contributed by atoms with E-state index in [1.165, 1.54) is 4.90 Å². The number of carbonyl (C=O) groups is 4. The molecule has 3 fully saturated rings. The fraction of sp³-hybridized carbons (Fsp3) is 0.293.